The van der Waals surface area contributed by atoms with Crippen LogP contribution in [0.5, 0.6) is 0 Å². The Morgan fingerprint density at radius 2 is 0.923 bits per heavy atom. The van der Waals surface area contributed by atoms with E-state index >= 15 is 0 Å². The molecule has 0 heteroatoms. The fourth-order valence-corrected chi connectivity index (χ4v) is 4.06. The van der Waals surface area contributed by atoms with Crippen LogP contribution in [0.4, 0.5) is 0 Å². The number of hydrogen-bond donors (Lipinski definition) is 0. The molecule has 4 aromatic carbocycles. The van der Waals surface area contributed by atoms with E-state index in [1.807, 2.05) is 0 Å². The van der Waals surface area contributed by atoms with Gasteiger partial charge in [-0.25, -0.2) is 0 Å². The Balaban J connectivity index is 1.82. The van der Waals surface area contributed by atoms with Gasteiger partial charge in [0.1, 0.15) is 0 Å². The summed E-state index contributed by atoms with van der Waals surface area (Å²) in [6.07, 6.45) is 7.41. The van der Waals surface area contributed by atoms with Gasteiger partial charge in [-0.15, -0.1) is 0 Å². The van der Waals surface area contributed by atoms with Crippen molar-refractivity contribution in [3.63, 3.8) is 0 Å². The molecule has 0 saturated heterocycles. The smallest absolute Gasteiger partial charge is 0.00990 e. The lowest BCUT2D eigenvalue weighted by atomic mass is 9.94. The van der Waals surface area contributed by atoms with E-state index in [4.69, 9.17) is 0 Å². The van der Waals surface area contributed by atoms with Crippen LogP contribution in [0.1, 0.15) is 50.7 Å². The third-order valence-corrected chi connectivity index (χ3v) is 5.60. The summed E-state index contributed by atoms with van der Waals surface area (Å²) >= 11 is 0. The van der Waals surface area contributed by atoms with E-state index in [-0.39, 0.29) is 0 Å². The number of fused-ring (bicyclic) bond motifs is 5. The minimum atomic E-state index is 1.18. The Morgan fingerprint density at radius 3 is 1.35 bits per heavy atom. The maximum absolute atomic E-state index is 2.38. The van der Waals surface area contributed by atoms with Gasteiger partial charge in [-0.1, -0.05) is 87.4 Å². The van der Waals surface area contributed by atoms with E-state index < -0.39 is 0 Å². The predicted octanol–water partition coefficient (Wildman–Crippen LogP) is 7.83. The van der Waals surface area contributed by atoms with Gasteiger partial charge in [0, 0.05) is 0 Å². The first-order chi connectivity index (χ1) is 12.8. The molecule has 0 saturated carbocycles. The molecule has 0 N–H and O–H groups in total. The van der Waals surface area contributed by atoms with Crippen molar-refractivity contribution in [3.8, 4) is 0 Å². The van der Waals surface area contributed by atoms with Crippen LogP contribution < -0.4 is 0 Å². The molecule has 4 rings (SSSR count). The van der Waals surface area contributed by atoms with Crippen molar-refractivity contribution in [2.45, 2.75) is 52.4 Å². The lowest BCUT2D eigenvalue weighted by molar-refractivity contribution is 0.796. The Kier molecular flexibility index (Phi) is 4.93. The van der Waals surface area contributed by atoms with Crippen LogP contribution in [0.3, 0.4) is 0 Å². The number of unbranched alkanes of at least 4 members (excludes halogenated alkanes) is 2. The molecule has 0 spiro atoms. The van der Waals surface area contributed by atoms with Gasteiger partial charge in [0.25, 0.3) is 0 Å². The monoisotopic (exact) mass is 340 g/mol. The summed E-state index contributed by atoms with van der Waals surface area (Å²) < 4.78 is 0. The van der Waals surface area contributed by atoms with Gasteiger partial charge in [0.05, 0.1) is 0 Å². The number of benzene rings is 4. The predicted molar refractivity (Wildman–Crippen MR) is 116 cm³/mol. The fraction of sp³-hybridized carbons (Fsp3) is 0.308. The van der Waals surface area contributed by atoms with Gasteiger partial charge in [-0.3, -0.25) is 0 Å². The molecule has 0 nitrogen and oxygen atoms in total. The topological polar surface area (TPSA) is 0 Å². The van der Waals surface area contributed by atoms with Crippen molar-refractivity contribution >= 4 is 32.3 Å². The molecule has 0 radical (unpaired) electrons. The van der Waals surface area contributed by atoms with Crippen molar-refractivity contribution in [2.75, 3.05) is 0 Å². The van der Waals surface area contributed by atoms with Crippen molar-refractivity contribution in [2.24, 2.45) is 0 Å². The molecule has 0 heterocycles. The first kappa shape index (κ1) is 17.1. The Bertz CT molecular complexity index is 969. The lowest BCUT2D eigenvalue weighted by Gasteiger charge is -2.10. The van der Waals surface area contributed by atoms with Crippen LogP contribution in [0.25, 0.3) is 32.3 Å². The number of aryl methyl sites for hydroxylation is 2. The summed E-state index contributed by atoms with van der Waals surface area (Å²) in [7, 11) is 0. The highest BCUT2D eigenvalue weighted by Gasteiger charge is 2.06. The van der Waals surface area contributed by atoms with Crippen molar-refractivity contribution in [3.05, 3.63) is 71.8 Å². The molecule has 0 aromatic heterocycles. The first-order valence-electron chi connectivity index (χ1n) is 10.2. The summed E-state index contributed by atoms with van der Waals surface area (Å²) in [5, 5.41) is 8.23. The van der Waals surface area contributed by atoms with Crippen LogP contribution in [0.15, 0.2) is 60.7 Å². The lowest BCUT2D eigenvalue weighted by Crippen LogP contribution is -1.88. The van der Waals surface area contributed by atoms with Gasteiger partial charge in [-0.05, 0) is 69.1 Å². The minimum Gasteiger partial charge on any atom is -0.0654 e. The zero-order chi connectivity index (χ0) is 17.9. The molecular formula is C26H28. The van der Waals surface area contributed by atoms with Crippen LogP contribution in [0.2, 0.25) is 0 Å². The molecule has 132 valence electrons. The number of hydrogen-bond acceptors (Lipinski definition) is 0. The maximum Gasteiger partial charge on any atom is -0.00990 e. The largest absolute Gasteiger partial charge is 0.0654 e. The normalized spacial score (nSPS) is 11.6. The van der Waals surface area contributed by atoms with Crippen LogP contribution in [0, 0.1) is 0 Å². The average molecular weight is 341 g/mol. The van der Waals surface area contributed by atoms with Crippen molar-refractivity contribution < 1.29 is 0 Å². The third kappa shape index (κ3) is 3.21. The molecule has 0 unspecified atom stereocenters. The minimum absolute atomic E-state index is 1.18. The molecule has 0 bridgehead atoms. The van der Waals surface area contributed by atoms with E-state index in [9.17, 15) is 0 Å². The van der Waals surface area contributed by atoms with Crippen LogP contribution >= 0.6 is 0 Å². The molecule has 0 aliphatic carbocycles. The molecular weight excluding hydrogens is 312 g/mol. The van der Waals surface area contributed by atoms with Crippen molar-refractivity contribution in [1.29, 1.82) is 0 Å². The highest BCUT2D eigenvalue weighted by Crippen LogP contribution is 2.32. The second kappa shape index (κ2) is 7.50. The third-order valence-electron chi connectivity index (χ3n) is 5.60. The van der Waals surface area contributed by atoms with E-state index in [2.05, 4.69) is 74.5 Å². The first-order valence-corrected chi connectivity index (χ1v) is 10.2. The van der Waals surface area contributed by atoms with Gasteiger partial charge in [0.2, 0.25) is 0 Å². The van der Waals surface area contributed by atoms with E-state index in [1.165, 1.54) is 82.0 Å². The Labute approximate surface area is 156 Å². The van der Waals surface area contributed by atoms with Gasteiger partial charge in [0.15, 0.2) is 0 Å². The highest BCUT2D eigenvalue weighted by atomic mass is 14.1. The summed E-state index contributed by atoms with van der Waals surface area (Å²) in [4.78, 5) is 0. The van der Waals surface area contributed by atoms with Crippen LogP contribution in [-0.4, -0.2) is 0 Å². The molecule has 0 atom stereocenters. The van der Waals surface area contributed by atoms with Gasteiger partial charge in [-0.2, -0.15) is 0 Å². The molecule has 4 aromatic rings. The Morgan fingerprint density at radius 1 is 0.500 bits per heavy atom. The standard InChI is InChI=1S/C26H28/c1-3-5-7-19-9-13-23-21(17-19)11-15-26-24-14-10-20(8-6-4-2)18-22(24)12-16-25(23)26/h9-18H,3-8H2,1-2H3. The molecule has 0 fully saturated rings. The van der Waals surface area contributed by atoms with Crippen LogP contribution in [-0.2, 0) is 12.8 Å². The zero-order valence-corrected chi connectivity index (χ0v) is 16.0. The van der Waals surface area contributed by atoms with E-state index in [0.717, 1.165) is 0 Å². The SMILES string of the molecule is CCCCc1ccc2c(ccc3c4ccc(CCCC)cc4ccc23)c1. The van der Waals surface area contributed by atoms with Gasteiger partial charge < -0.3 is 0 Å². The van der Waals surface area contributed by atoms with Crippen molar-refractivity contribution in [1.82, 2.24) is 0 Å². The molecule has 0 aliphatic heterocycles. The summed E-state index contributed by atoms with van der Waals surface area (Å²) in [5.74, 6) is 0. The fourth-order valence-electron chi connectivity index (χ4n) is 4.06. The Hall–Kier alpha value is -2.34. The second-order valence-corrected chi connectivity index (χ2v) is 7.54. The summed E-state index contributed by atoms with van der Waals surface area (Å²) in [6.45, 7) is 4.51. The quantitative estimate of drug-likeness (QED) is 0.314. The van der Waals surface area contributed by atoms with E-state index in [1.54, 1.807) is 0 Å². The zero-order valence-electron chi connectivity index (χ0n) is 16.0. The molecule has 0 aliphatic rings. The maximum atomic E-state index is 2.38. The second-order valence-electron chi connectivity index (χ2n) is 7.54. The number of rotatable bonds is 6. The summed E-state index contributed by atoms with van der Waals surface area (Å²) in [6, 6.07) is 23.3. The highest BCUT2D eigenvalue weighted by molar-refractivity contribution is 6.17. The van der Waals surface area contributed by atoms with E-state index in [0.29, 0.717) is 0 Å². The molecule has 0 amide bonds. The van der Waals surface area contributed by atoms with Gasteiger partial charge >= 0.3 is 0 Å². The molecule has 26 heavy (non-hydrogen) atoms. The summed E-state index contributed by atoms with van der Waals surface area (Å²) in [5.41, 5.74) is 2.92. The average Bonchev–Trinajstić information content (AvgIpc) is 2.69.